The first kappa shape index (κ1) is 28.2. The Hall–Kier alpha value is -4.84. The minimum absolute atomic E-state index is 0.0658. The third-order valence-corrected chi connectivity index (χ3v) is 6.45. The second-order valence-corrected chi connectivity index (χ2v) is 9.26. The van der Waals surface area contributed by atoms with Crippen LogP contribution in [0.3, 0.4) is 0 Å². The van der Waals surface area contributed by atoms with Gasteiger partial charge in [-0.25, -0.2) is 4.39 Å². The molecule has 40 heavy (non-hydrogen) atoms. The molecule has 206 valence electrons. The van der Waals surface area contributed by atoms with E-state index in [9.17, 15) is 23.6 Å². The van der Waals surface area contributed by atoms with Gasteiger partial charge in [0, 0.05) is 16.9 Å². The molecule has 2 N–H and O–H groups in total. The van der Waals surface area contributed by atoms with E-state index in [0.717, 1.165) is 4.90 Å². The Morgan fingerprint density at radius 2 is 1.55 bits per heavy atom. The molecule has 10 nitrogen and oxygen atoms in total. The van der Waals surface area contributed by atoms with E-state index in [1.54, 1.807) is 42.5 Å². The number of carbonyl (C=O) groups excluding carboxylic acids is 4. The van der Waals surface area contributed by atoms with E-state index >= 15 is 0 Å². The smallest absolute Gasteiger partial charge is 0.294 e. The van der Waals surface area contributed by atoms with Crippen LogP contribution in [0.4, 0.5) is 20.6 Å². The summed E-state index contributed by atoms with van der Waals surface area (Å²) in [5, 5.41) is 4.62. The zero-order valence-corrected chi connectivity index (χ0v) is 22.3. The second kappa shape index (κ2) is 12.8. The van der Waals surface area contributed by atoms with Crippen LogP contribution in [0.15, 0.2) is 71.6 Å². The topological polar surface area (TPSA) is 123 Å². The maximum atomic E-state index is 13.1. The van der Waals surface area contributed by atoms with Crippen molar-refractivity contribution in [2.45, 2.75) is 0 Å². The number of rotatable bonds is 10. The molecule has 1 aliphatic heterocycles. The lowest BCUT2D eigenvalue weighted by atomic mass is 10.1. The van der Waals surface area contributed by atoms with Gasteiger partial charge in [0.05, 0.1) is 19.1 Å². The van der Waals surface area contributed by atoms with Crippen molar-refractivity contribution in [2.75, 3.05) is 38.0 Å². The number of ether oxygens (including phenoxy) is 3. The molecular formula is C28H24FN3O7S. The average molecular weight is 566 g/mol. The molecule has 0 saturated carbocycles. The predicted molar refractivity (Wildman–Crippen MR) is 148 cm³/mol. The number of nitrogens with zero attached hydrogens (tertiary/aromatic N) is 1. The molecule has 1 saturated heterocycles. The van der Waals surface area contributed by atoms with E-state index in [2.05, 4.69) is 10.6 Å². The molecule has 12 heteroatoms. The number of hydrogen-bond acceptors (Lipinski definition) is 8. The molecule has 0 aliphatic carbocycles. The summed E-state index contributed by atoms with van der Waals surface area (Å²) in [5.41, 5.74) is 1.25. The van der Waals surface area contributed by atoms with Crippen LogP contribution in [-0.4, -0.2) is 55.2 Å². The van der Waals surface area contributed by atoms with Gasteiger partial charge in [0.25, 0.3) is 17.1 Å². The second-order valence-electron chi connectivity index (χ2n) is 8.27. The Kier molecular flexibility index (Phi) is 9.02. The van der Waals surface area contributed by atoms with E-state index in [-0.39, 0.29) is 10.7 Å². The van der Waals surface area contributed by atoms with Crippen LogP contribution < -0.4 is 24.8 Å². The van der Waals surface area contributed by atoms with Gasteiger partial charge in [-0.1, -0.05) is 12.1 Å². The number of para-hydroxylation sites is 1. The molecule has 0 atom stereocenters. The number of thioether (sulfide) groups is 1. The first-order chi connectivity index (χ1) is 19.3. The molecule has 4 rings (SSSR count). The molecular weight excluding hydrogens is 541 g/mol. The van der Waals surface area contributed by atoms with E-state index in [1.165, 1.54) is 44.6 Å². The number of methoxy groups -OCH3 is 2. The lowest BCUT2D eigenvalue weighted by Gasteiger charge is -2.14. The van der Waals surface area contributed by atoms with Gasteiger partial charge < -0.3 is 24.8 Å². The molecule has 3 aromatic rings. The molecule has 1 aliphatic rings. The van der Waals surface area contributed by atoms with E-state index in [4.69, 9.17) is 14.2 Å². The monoisotopic (exact) mass is 565 g/mol. The van der Waals surface area contributed by atoms with Crippen molar-refractivity contribution in [3.05, 3.63) is 83.0 Å². The number of hydrogen-bond donors (Lipinski definition) is 2. The summed E-state index contributed by atoms with van der Waals surface area (Å²) in [4.78, 5) is 51.4. The Balaban J connectivity index is 1.44. The SMILES string of the molecule is COc1ccc(NC(=O)CN2C(=O)S/C(=C/c3cccc(OC)c3OCC(=O)Nc3ccc(F)cc3)C2=O)cc1. The number of anilines is 2. The number of carbonyl (C=O) groups is 4. The number of amides is 4. The van der Waals surface area contributed by atoms with E-state index in [1.807, 2.05) is 0 Å². The molecule has 1 heterocycles. The fourth-order valence-corrected chi connectivity index (χ4v) is 4.45. The van der Waals surface area contributed by atoms with Gasteiger partial charge in [-0.2, -0.15) is 0 Å². The minimum atomic E-state index is -0.650. The van der Waals surface area contributed by atoms with Gasteiger partial charge in [0.15, 0.2) is 18.1 Å². The molecule has 0 radical (unpaired) electrons. The maximum Gasteiger partial charge on any atom is 0.294 e. The van der Waals surface area contributed by atoms with Gasteiger partial charge >= 0.3 is 0 Å². The highest BCUT2D eigenvalue weighted by Crippen LogP contribution is 2.37. The van der Waals surface area contributed by atoms with Gasteiger partial charge in [-0.15, -0.1) is 0 Å². The Morgan fingerprint density at radius 1 is 0.900 bits per heavy atom. The summed E-state index contributed by atoms with van der Waals surface area (Å²) >= 11 is 0.675. The zero-order valence-electron chi connectivity index (χ0n) is 21.4. The molecule has 0 spiro atoms. The van der Waals surface area contributed by atoms with Crippen molar-refractivity contribution in [3.63, 3.8) is 0 Å². The number of nitrogens with one attached hydrogen (secondary N) is 2. The minimum Gasteiger partial charge on any atom is -0.497 e. The Labute approximate surface area is 233 Å². The standard InChI is InChI=1S/C28H24FN3O7S/c1-37-21-12-10-20(11-13-21)30-24(33)15-32-27(35)23(40-28(32)36)14-17-4-3-5-22(38-2)26(17)39-16-25(34)31-19-8-6-18(29)7-9-19/h3-14H,15-16H2,1-2H3,(H,30,33)(H,31,34)/b23-14+. The molecule has 3 aromatic carbocycles. The van der Waals surface area contributed by atoms with Crippen molar-refractivity contribution in [1.29, 1.82) is 0 Å². The number of imide groups is 1. The van der Waals surface area contributed by atoms with Crippen molar-refractivity contribution in [3.8, 4) is 17.2 Å². The molecule has 0 unspecified atom stereocenters. The van der Waals surface area contributed by atoms with Crippen LogP contribution in [0.1, 0.15) is 5.56 Å². The summed E-state index contributed by atoms with van der Waals surface area (Å²) in [5.74, 6) is -1.07. The van der Waals surface area contributed by atoms with Crippen LogP contribution in [0.5, 0.6) is 17.2 Å². The van der Waals surface area contributed by atoms with Crippen LogP contribution in [0.2, 0.25) is 0 Å². The highest BCUT2D eigenvalue weighted by Gasteiger charge is 2.36. The first-order valence-corrected chi connectivity index (χ1v) is 12.6. The molecule has 0 aromatic heterocycles. The van der Waals surface area contributed by atoms with Crippen LogP contribution in [0, 0.1) is 5.82 Å². The fraction of sp³-hybridized carbons (Fsp3) is 0.143. The molecule has 1 fully saturated rings. The molecule has 4 amide bonds. The normalized spacial score (nSPS) is 13.8. The number of halogens is 1. The maximum absolute atomic E-state index is 13.1. The van der Waals surface area contributed by atoms with Crippen molar-refractivity contribution in [2.24, 2.45) is 0 Å². The van der Waals surface area contributed by atoms with Gasteiger partial charge in [-0.3, -0.25) is 24.1 Å². The van der Waals surface area contributed by atoms with Crippen LogP contribution in [0.25, 0.3) is 6.08 Å². The lowest BCUT2D eigenvalue weighted by molar-refractivity contribution is -0.127. The summed E-state index contributed by atoms with van der Waals surface area (Å²) in [7, 11) is 2.94. The first-order valence-electron chi connectivity index (χ1n) is 11.8. The Bertz CT molecular complexity index is 1460. The third kappa shape index (κ3) is 6.97. The number of benzene rings is 3. The van der Waals surface area contributed by atoms with E-state index < -0.39 is 41.9 Å². The zero-order chi connectivity index (χ0) is 28.6. The van der Waals surface area contributed by atoms with Crippen molar-refractivity contribution in [1.82, 2.24) is 4.90 Å². The summed E-state index contributed by atoms with van der Waals surface area (Å²) < 4.78 is 29.3. The summed E-state index contributed by atoms with van der Waals surface area (Å²) in [6.07, 6.45) is 1.43. The average Bonchev–Trinajstić information content (AvgIpc) is 3.21. The van der Waals surface area contributed by atoms with Crippen LogP contribution in [-0.2, 0) is 14.4 Å². The lowest BCUT2D eigenvalue weighted by Crippen LogP contribution is -2.36. The van der Waals surface area contributed by atoms with Crippen LogP contribution >= 0.6 is 11.8 Å². The van der Waals surface area contributed by atoms with E-state index in [0.29, 0.717) is 40.2 Å². The largest absolute Gasteiger partial charge is 0.497 e. The van der Waals surface area contributed by atoms with Gasteiger partial charge in [-0.05, 0) is 72.4 Å². The van der Waals surface area contributed by atoms with Gasteiger partial charge in [0.1, 0.15) is 18.1 Å². The molecule has 0 bridgehead atoms. The summed E-state index contributed by atoms with van der Waals surface area (Å²) in [6, 6.07) is 16.7. The highest BCUT2D eigenvalue weighted by atomic mass is 32.2. The van der Waals surface area contributed by atoms with Crippen molar-refractivity contribution >= 4 is 52.2 Å². The predicted octanol–water partition coefficient (Wildman–Crippen LogP) is 4.54. The quantitative estimate of drug-likeness (QED) is 0.344. The fourth-order valence-electron chi connectivity index (χ4n) is 3.63. The highest BCUT2D eigenvalue weighted by molar-refractivity contribution is 8.18. The Morgan fingerprint density at radius 3 is 2.20 bits per heavy atom. The van der Waals surface area contributed by atoms with Gasteiger partial charge in [0.2, 0.25) is 5.91 Å². The third-order valence-electron chi connectivity index (χ3n) is 5.54. The van der Waals surface area contributed by atoms with Crippen molar-refractivity contribution < 1.29 is 37.8 Å². The summed E-state index contributed by atoms with van der Waals surface area (Å²) in [6.45, 7) is -0.884.